The lowest BCUT2D eigenvalue weighted by Crippen LogP contribution is -2.06. The molecule has 122 valence electrons. The summed E-state index contributed by atoms with van der Waals surface area (Å²) >= 11 is 0. The summed E-state index contributed by atoms with van der Waals surface area (Å²) in [5.74, 6) is 1.15. The number of tetrazole rings is 2. The van der Waals surface area contributed by atoms with Crippen molar-refractivity contribution in [2.24, 2.45) is 0 Å². The van der Waals surface area contributed by atoms with Crippen molar-refractivity contribution >= 4 is 5.65 Å². The Hall–Kier alpha value is -3.21. The van der Waals surface area contributed by atoms with Gasteiger partial charge in [-0.25, -0.2) is 15.2 Å². The van der Waals surface area contributed by atoms with Crippen molar-refractivity contribution in [3.8, 4) is 11.5 Å². The first-order valence-corrected chi connectivity index (χ1v) is 7.32. The second-order valence-electron chi connectivity index (χ2n) is 5.19. The molecule has 0 fully saturated rings. The van der Waals surface area contributed by atoms with Gasteiger partial charge in [-0.1, -0.05) is 6.07 Å². The lowest BCUT2D eigenvalue weighted by atomic mass is 10.1. The number of aromatic amines is 2. The van der Waals surface area contributed by atoms with Crippen LogP contribution in [0, 0.1) is 0 Å². The molecule has 0 spiro atoms. The van der Waals surface area contributed by atoms with Crippen LogP contribution in [0.5, 0.6) is 0 Å². The molecule has 0 aliphatic carbocycles. The Kier molecular flexibility index (Phi) is 3.67. The van der Waals surface area contributed by atoms with Crippen molar-refractivity contribution in [2.75, 3.05) is 7.11 Å². The largest absolute Gasteiger partial charge is 0.373 e. The van der Waals surface area contributed by atoms with Crippen LogP contribution in [0.4, 0.5) is 0 Å². The van der Waals surface area contributed by atoms with Gasteiger partial charge in [-0.3, -0.25) is 0 Å². The predicted octanol–water partition coefficient (Wildman–Crippen LogP) is 0.348. The molecule has 0 bridgehead atoms. The molecule has 0 radical (unpaired) electrons. The highest BCUT2D eigenvalue weighted by atomic mass is 16.5. The van der Waals surface area contributed by atoms with E-state index >= 15 is 0 Å². The molecule has 4 rings (SSSR count). The van der Waals surface area contributed by atoms with Crippen molar-refractivity contribution < 1.29 is 4.74 Å². The van der Waals surface area contributed by atoms with Gasteiger partial charge in [0, 0.05) is 19.5 Å². The second kappa shape index (κ2) is 6.12. The van der Waals surface area contributed by atoms with E-state index in [0.717, 1.165) is 24.1 Å². The molecule has 0 aliphatic rings. The van der Waals surface area contributed by atoms with Crippen LogP contribution in [-0.4, -0.2) is 57.7 Å². The summed E-state index contributed by atoms with van der Waals surface area (Å²) < 4.78 is 7.41. The van der Waals surface area contributed by atoms with E-state index in [2.05, 4.69) is 46.2 Å². The molecule has 1 atom stereocenters. The zero-order chi connectivity index (χ0) is 16.4. The van der Waals surface area contributed by atoms with Gasteiger partial charge < -0.3 is 9.14 Å². The molecule has 0 saturated heterocycles. The maximum absolute atomic E-state index is 5.46. The zero-order valence-electron chi connectivity index (χ0n) is 12.8. The second-order valence-corrected chi connectivity index (χ2v) is 5.19. The number of aryl methyl sites for hydroxylation is 1. The van der Waals surface area contributed by atoms with Crippen LogP contribution in [-0.2, 0) is 11.2 Å². The SMILES string of the molecule is COC(CCc1cccn2cc(-c3nnn[nH]3)nc12)c1nnn[nH]1. The summed E-state index contributed by atoms with van der Waals surface area (Å²) in [5.41, 5.74) is 2.63. The van der Waals surface area contributed by atoms with E-state index in [9.17, 15) is 0 Å². The summed E-state index contributed by atoms with van der Waals surface area (Å²) in [6, 6.07) is 4.01. The number of pyridine rings is 1. The highest BCUT2D eigenvalue weighted by Crippen LogP contribution is 2.22. The molecule has 1 unspecified atom stereocenters. The lowest BCUT2D eigenvalue weighted by molar-refractivity contribution is 0.0886. The van der Waals surface area contributed by atoms with Crippen molar-refractivity contribution in [3.63, 3.8) is 0 Å². The number of fused-ring (bicyclic) bond motifs is 1. The fourth-order valence-electron chi connectivity index (χ4n) is 2.60. The van der Waals surface area contributed by atoms with E-state index in [4.69, 9.17) is 4.74 Å². The first-order chi connectivity index (χ1) is 11.8. The number of nitrogens with zero attached hydrogens (tertiary/aromatic N) is 8. The van der Waals surface area contributed by atoms with Crippen molar-refractivity contribution in [3.05, 3.63) is 35.9 Å². The first-order valence-electron chi connectivity index (χ1n) is 7.32. The van der Waals surface area contributed by atoms with Gasteiger partial charge in [0.25, 0.3) is 0 Å². The number of methoxy groups -OCH3 is 1. The molecule has 0 aromatic carbocycles. The monoisotopic (exact) mass is 326 g/mol. The summed E-state index contributed by atoms with van der Waals surface area (Å²) in [5, 5.41) is 27.6. The van der Waals surface area contributed by atoms with E-state index in [-0.39, 0.29) is 6.10 Å². The molecule has 11 heteroatoms. The van der Waals surface area contributed by atoms with E-state index < -0.39 is 0 Å². The molecule has 4 heterocycles. The maximum Gasteiger partial charge on any atom is 0.199 e. The van der Waals surface area contributed by atoms with Gasteiger partial charge in [0.1, 0.15) is 17.4 Å². The number of H-pyrrole nitrogens is 2. The van der Waals surface area contributed by atoms with Gasteiger partial charge >= 0.3 is 0 Å². The van der Waals surface area contributed by atoms with Gasteiger partial charge in [0.05, 0.1) is 0 Å². The fourth-order valence-corrected chi connectivity index (χ4v) is 2.60. The molecular weight excluding hydrogens is 312 g/mol. The van der Waals surface area contributed by atoms with Gasteiger partial charge in [0.2, 0.25) is 0 Å². The van der Waals surface area contributed by atoms with Crippen LogP contribution >= 0.6 is 0 Å². The van der Waals surface area contributed by atoms with Crippen LogP contribution in [0.1, 0.15) is 23.9 Å². The average molecular weight is 326 g/mol. The van der Waals surface area contributed by atoms with E-state index in [1.807, 2.05) is 28.9 Å². The topological polar surface area (TPSA) is 135 Å². The zero-order valence-corrected chi connectivity index (χ0v) is 12.8. The molecular formula is C13H14N10O. The van der Waals surface area contributed by atoms with Gasteiger partial charge in [0.15, 0.2) is 11.6 Å². The average Bonchev–Trinajstić information content (AvgIpc) is 3.35. The van der Waals surface area contributed by atoms with Gasteiger partial charge in [-0.15, -0.1) is 10.2 Å². The van der Waals surface area contributed by atoms with Gasteiger partial charge in [-0.05, 0) is 45.3 Å². The van der Waals surface area contributed by atoms with Crippen molar-refractivity contribution in [1.29, 1.82) is 0 Å². The third-order valence-corrected chi connectivity index (χ3v) is 3.78. The Bertz CT molecular complexity index is 914. The standard InChI is InChI=1S/C13H14N10O/c1-24-10(12-17-21-22-18-12)5-4-8-3-2-6-23-7-9(14-13(8)23)11-15-19-20-16-11/h2-3,6-7,10H,4-5H2,1H3,(H,15,16,19,20)(H,17,18,21,22). The quantitative estimate of drug-likeness (QED) is 0.518. The van der Waals surface area contributed by atoms with E-state index in [0.29, 0.717) is 17.3 Å². The number of ether oxygens (including phenoxy) is 1. The number of imidazole rings is 1. The summed E-state index contributed by atoms with van der Waals surface area (Å²) in [7, 11) is 1.64. The third kappa shape index (κ3) is 2.60. The van der Waals surface area contributed by atoms with Crippen LogP contribution in [0.25, 0.3) is 17.2 Å². The smallest absolute Gasteiger partial charge is 0.199 e. The first kappa shape index (κ1) is 14.4. The van der Waals surface area contributed by atoms with Crippen molar-refractivity contribution in [1.82, 2.24) is 50.6 Å². The number of nitrogens with one attached hydrogen (secondary N) is 2. The Morgan fingerprint density at radius 1 is 1.21 bits per heavy atom. The third-order valence-electron chi connectivity index (χ3n) is 3.78. The summed E-state index contributed by atoms with van der Waals surface area (Å²) in [6.45, 7) is 0. The Balaban J connectivity index is 1.60. The van der Waals surface area contributed by atoms with Crippen molar-refractivity contribution in [2.45, 2.75) is 18.9 Å². The maximum atomic E-state index is 5.46. The predicted molar refractivity (Wildman–Crippen MR) is 80.6 cm³/mol. The molecule has 4 aromatic rings. The molecule has 11 nitrogen and oxygen atoms in total. The molecule has 0 saturated carbocycles. The lowest BCUT2D eigenvalue weighted by Gasteiger charge is -2.11. The fraction of sp³-hybridized carbons (Fsp3) is 0.308. The normalized spacial score (nSPS) is 12.7. The summed E-state index contributed by atoms with van der Waals surface area (Å²) in [6.07, 6.45) is 5.10. The van der Waals surface area contributed by atoms with Crippen LogP contribution in [0.15, 0.2) is 24.5 Å². The minimum Gasteiger partial charge on any atom is -0.373 e. The number of hydrogen-bond acceptors (Lipinski definition) is 8. The van der Waals surface area contributed by atoms with E-state index in [1.54, 1.807) is 7.11 Å². The Morgan fingerprint density at radius 3 is 2.83 bits per heavy atom. The minimum absolute atomic E-state index is 0.201. The molecule has 0 amide bonds. The molecule has 2 N–H and O–H groups in total. The number of rotatable bonds is 6. The molecule has 0 aliphatic heterocycles. The number of hydrogen-bond donors (Lipinski definition) is 2. The van der Waals surface area contributed by atoms with Crippen LogP contribution in [0.3, 0.4) is 0 Å². The number of aromatic nitrogens is 10. The molecule has 4 aromatic heterocycles. The Morgan fingerprint density at radius 2 is 2.08 bits per heavy atom. The Labute approximate surface area is 135 Å². The summed E-state index contributed by atoms with van der Waals surface area (Å²) in [4.78, 5) is 4.62. The minimum atomic E-state index is -0.201. The van der Waals surface area contributed by atoms with Gasteiger partial charge in [-0.2, -0.15) is 0 Å². The van der Waals surface area contributed by atoms with E-state index in [1.165, 1.54) is 0 Å². The highest BCUT2D eigenvalue weighted by molar-refractivity contribution is 5.58. The molecule has 24 heavy (non-hydrogen) atoms. The van der Waals surface area contributed by atoms with Crippen LogP contribution < -0.4 is 0 Å². The van der Waals surface area contributed by atoms with Crippen LogP contribution in [0.2, 0.25) is 0 Å². The highest BCUT2D eigenvalue weighted by Gasteiger charge is 2.16.